The summed E-state index contributed by atoms with van der Waals surface area (Å²) >= 11 is 6.41. The molecule has 0 spiro atoms. The SMILES string of the molecule is Cc1cc(CC(NC(=O)OC(C)(C)C)C(=O)O)c(Cl)cc1N1CCCC1. The first-order valence-electron chi connectivity index (χ1n) is 8.83. The lowest BCUT2D eigenvalue weighted by atomic mass is 10.0. The molecule has 26 heavy (non-hydrogen) atoms. The summed E-state index contributed by atoms with van der Waals surface area (Å²) in [5.74, 6) is -1.13. The quantitative estimate of drug-likeness (QED) is 0.810. The van der Waals surface area contributed by atoms with Crippen molar-refractivity contribution >= 4 is 29.4 Å². The van der Waals surface area contributed by atoms with Gasteiger partial charge in [-0.3, -0.25) is 0 Å². The number of ether oxygens (including phenoxy) is 1. The van der Waals surface area contributed by atoms with E-state index in [0.717, 1.165) is 24.3 Å². The van der Waals surface area contributed by atoms with E-state index in [2.05, 4.69) is 10.2 Å². The van der Waals surface area contributed by atoms with Crippen LogP contribution in [0.4, 0.5) is 10.5 Å². The molecule has 0 radical (unpaired) electrons. The molecule has 7 heteroatoms. The van der Waals surface area contributed by atoms with E-state index in [1.807, 2.05) is 19.1 Å². The molecule has 1 atom stereocenters. The Morgan fingerprint density at radius 2 is 1.92 bits per heavy atom. The number of hydrogen-bond acceptors (Lipinski definition) is 4. The van der Waals surface area contributed by atoms with Gasteiger partial charge in [0.25, 0.3) is 0 Å². The fraction of sp³-hybridized carbons (Fsp3) is 0.579. The number of carboxylic acid groups (broad SMARTS) is 1. The maximum absolute atomic E-state index is 11.9. The topological polar surface area (TPSA) is 78.9 Å². The molecule has 1 unspecified atom stereocenters. The van der Waals surface area contributed by atoms with E-state index in [1.165, 1.54) is 12.8 Å². The number of benzene rings is 1. The Kier molecular flexibility index (Phi) is 6.39. The molecule has 6 nitrogen and oxygen atoms in total. The third kappa shape index (κ3) is 5.53. The number of alkyl carbamates (subject to hydrolysis) is 1. The molecule has 144 valence electrons. The predicted molar refractivity (Wildman–Crippen MR) is 102 cm³/mol. The lowest BCUT2D eigenvalue weighted by Crippen LogP contribution is -2.44. The van der Waals surface area contributed by atoms with Crippen LogP contribution in [0.1, 0.15) is 44.7 Å². The zero-order valence-electron chi connectivity index (χ0n) is 15.8. The van der Waals surface area contributed by atoms with E-state index >= 15 is 0 Å². The number of hydrogen-bond donors (Lipinski definition) is 2. The minimum absolute atomic E-state index is 0.0918. The Bertz CT molecular complexity index is 679. The minimum Gasteiger partial charge on any atom is -0.480 e. The van der Waals surface area contributed by atoms with Gasteiger partial charge in [0.1, 0.15) is 11.6 Å². The molecule has 0 bridgehead atoms. The first kappa shape index (κ1) is 20.4. The number of carbonyl (C=O) groups excluding carboxylic acids is 1. The van der Waals surface area contributed by atoms with Crippen LogP contribution in [0.5, 0.6) is 0 Å². The van der Waals surface area contributed by atoms with Crippen molar-refractivity contribution in [1.29, 1.82) is 0 Å². The summed E-state index contributed by atoms with van der Waals surface area (Å²) in [5, 5.41) is 12.4. The monoisotopic (exact) mass is 382 g/mol. The van der Waals surface area contributed by atoms with E-state index in [9.17, 15) is 14.7 Å². The van der Waals surface area contributed by atoms with Gasteiger partial charge in [-0.2, -0.15) is 0 Å². The smallest absolute Gasteiger partial charge is 0.408 e. The third-order valence-corrected chi connectivity index (χ3v) is 4.58. The Morgan fingerprint density at radius 3 is 2.46 bits per heavy atom. The number of nitrogens with one attached hydrogen (secondary N) is 1. The normalized spacial score (nSPS) is 15.7. The molecule has 2 N–H and O–H groups in total. The van der Waals surface area contributed by atoms with E-state index in [4.69, 9.17) is 16.3 Å². The fourth-order valence-corrected chi connectivity index (χ4v) is 3.29. The van der Waals surface area contributed by atoms with Crippen molar-refractivity contribution in [2.75, 3.05) is 18.0 Å². The van der Waals surface area contributed by atoms with Crippen molar-refractivity contribution in [2.24, 2.45) is 0 Å². The first-order chi connectivity index (χ1) is 12.1. The van der Waals surface area contributed by atoms with Crippen molar-refractivity contribution in [2.45, 2.75) is 58.6 Å². The number of rotatable bonds is 5. The van der Waals surface area contributed by atoms with Gasteiger partial charge in [-0.1, -0.05) is 17.7 Å². The van der Waals surface area contributed by atoms with Crippen LogP contribution in [0.2, 0.25) is 5.02 Å². The lowest BCUT2D eigenvalue weighted by Gasteiger charge is -2.24. The molecule has 0 saturated carbocycles. The van der Waals surface area contributed by atoms with Crippen molar-refractivity contribution in [3.8, 4) is 0 Å². The van der Waals surface area contributed by atoms with Gasteiger partial charge in [0.05, 0.1) is 0 Å². The van der Waals surface area contributed by atoms with Crippen LogP contribution in [0.25, 0.3) is 0 Å². The molecule has 0 aliphatic carbocycles. The molecule has 1 amide bonds. The fourth-order valence-electron chi connectivity index (χ4n) is 3.06. The molecular formula is C19H27ClN2O4. The zero-order chi connectivity index (χ0) is 19.5. The van der Waals surface area contributed by atoms with Gasteiger partial charge in [-0.15, -0.1) is 0 Å². The number of carboxylic acids is 1. The number of aryl methyl sites for hydroxylation is 1. The number of aliphatic carboxylic acids is 1. The number of anilines is 1. The van der Waals surface area contributed by atoms with Crippen LogP contribution in [0, 0.1) is 6.92 Å². The number of halogens is 1. The van der Waals surface area contributed by atoms with Crippen LogP contribution in [0.3, 0.4) is 0 Å². The number of amides is 1. The van der Waals surface area contributed by atoms with Gasteiger partial charge in [-0.25, -0.2) is 9.59 Å². The second-order valence-electron chi connectivity index (χ2n) is 7.67. The maximum atomic E-state index is 11.9. The van der Waals surface area contributed by atoms with E-state index in [-0.39, 0.29) is 6.42 Å². The Morgan fingerprint density at radius 1 is 1.31 bits per heavy atom. The molecule has 1 fully saturated rings. The van der Waals surface area contributed by atoms with E-state index < -0.39 is 23.7 Å². The van der Waals surface area contributed by atoms with Crippen LogP contribution in [0.15, 0.2) is 12.1 Å². The van der Waals surface area contributed by atoms with Crippen LogP contribution in [-0.2, 0) is 16.0 Å². The molecule has 1 saturated heterocycles. The highest BCUT2D eigenvalue weighted by molar-refractivity contribution is 6.31. The highest BCUT2D eigenvalue weighted by Crippen LogP contribution is 2.30. The number of nitrogens with zero attached hydrogens (tertiary/aromatic N) is 1. The molecule has 1 aliphatic rings. The average Bonchev–Trinajstić information content (AvgIpc) is 3.01. The summed E-state index contributed by atoms with van der Waals surface area (Å²) in [4.78, 5) is 25.8. The van der Waals surface area contributed by atoms with Crippen molar-refractivity contribution in [3.63, 3.8) is 0 Å². The van der Waals surface area contributed by atoms with Crippen molar-refractivity contribution in [3.05, 3.63) is 28.3 Å². The second-order valence-corrected chi connectivity index (χ2v) is 8.07. The average molecular weight is 383 g/mol. The standard InChI is InChI=1S/C19H27ClN2O4/c1-12-9-13(14(20)11-16(12)22-7-5-6-8-22)10-15(17(23)24)21-18(25)26-19(2,3)4/h9,11,15H,5-8,10H2,1-4H3,(H,21,25)(H,23,24). The van der Waals surface area contributed by atoms with Crippen LogP contribution < -0.4 is 10.2 Å². The molecule has 1 heterocycles. The first-order valence-corrected chi connectivity index (χ1v) is 9.21. The van der Waals surface area contributed by atoms with Gasteiger partial charge >= 0.3 is 12.1 Å². The molecular weight excluding hydrogens is 356 g/mol. The molecule has 1 aromatic rings. The summed E-state index contributed by atoms with van der Waals surface area (Å²) < 4.78 is 5.14. The van der Waals surface area contributed by atoms with Gasteiger partial charge in [0.2, 0.25) is 0 Å². The number of carbonyl (C=O) groups is 2. The summed E-state index contributed by atoms with van der Waals surface area (Å²) in [7, 11) is 0. The summed E-state index contributed by atoms with van der Waals surface area (Å²) in [6.07, 6.45) is 1.67. The summed E-state index contributed by atoms with van der Waals surface area (Å²) in [5.41, 5.74) is 2.13. The highest BCUT2D eigenvalue weighted by Gasteiger charge is 2.25. The second kappa shape index (κ2) is 8.16. The van der Waals surface area contributed by atoms with Gasteiger partial charge in [0, 0.05) is 30.2 Å². The molecule has 1 aliphatic heterocycles. The zero-order valence-corrected chi connectivity index (χ0v) is 16.5. The van der Waals surface area contributed by atoms with E-state index in [0.29, 0.717) is 10.6 Å². The predicted octanol–water partition coefficient (Wildman–Crippen LogP) is 3.77. The molecule has 1 aromatic carbocycles. The Labute approximate surface area is 159 Å². The van der Waals surface area contributed by atoms with Crippen LogP contribution >= 0.6 is 11.6 Å². The van der Waals surface area contributed by atoms with Gasteiger partial charge < -0.3 is 20.1 Å². The van der Waals surface area contributed by atoms with E-state index in [1.54, 1.807) is 20.8 Å². The molecule has 0 aromatic heterocycles. The molecule has 2 rings (SSSR count). The van der Waals surface area contributed by atoms with Gasteiger partial charge in [-0.05, 0) is 57.7 Å². The van der Waals surface area contributed by atoms with Crippen molar-refractivity contribution in [1.82, 2.24) is 5.32 Å². The largest absolute Gasteiger partial charge is 0.480 e. The van der Waals surface area contributed by atoms with Crippen LogP contribution in [-0.4, -0.2) is 41.9 Å². The highest BCUT2D eigenvalue weighted by atomic mass is 35.5. The minimum atomic E-state index is -1.13. The van der Waals surface area contributed by atoms with Gasteiger partial charge in [0.15, 0.2) is 0 Å². The lowest BCUT2D eigenvalue weighted by molar-refractivity contribution is -0.139. The maximum Gasteiger partial charge on any atom is 0.408 e. The Hall–Kier alpha value is -1.95. The van der Waals surface area contributed by atoms with Crippen molar-refractivity contribution < 1.29 is 19.4 Å². The summed E-state index contributed by atoms with van der Waals surface area (Å²) in [6.45, 7) is 9.17. The summed E-state index contributed by atoms with van der Waals surface area (Å²) in [6, 6.07) is 2.69. The third-order valence-electron chi connectivity index (χ3n) is 4.22. The Balaban J connectivity index is 2.14.